The van der Waals surface area contributed by atoms with Crippen LogP contribution in [0.3, 0.4) is 0 Å². The smallest absolute Gasteiger partial charge is 0.228 e. The molecular formula is C11H12N2O3. The van der Waals surface area contributed by atoms with Gasteiger partial charge in [-0.15, -0.1) is 0 Å². The molecule has 0 aliphatic heterocycles. The second-order valence-electron chi connectivity index (χ2n) is 3.15. The van der Waals surface area contributed by atoms with E-state index in [4.69, 9.17) is 19.7 Å². The van der Waals surface area contributed by atoms with Crippen LogP contribution in [-0.4, -0.2) is 12.3 Å². The van der Waals surface area contributed by atoms with E-state index in [1.807, 2.05) is 24.3 Å². The van der Waals surface area contributed by atoms with E-state index in [1.54, 1.807) is 7.11 Å². The molecule has 2 N–H and O–H groups in total. The lowest BCUT2D eigenvalue weighted by atomic mass is 10.3. The van der Waals surface area contributed by atoms with Crippen LogP contribution in [0.25, 0.3) is 0 Å². The van der Waals surface area contributed by atoms with Gasteiger partial charge in [-0.25, -0.2) is 0 Å². The number of aromatic nitrogens is 1. The molecule has 0 aliphatic carbocycles. The predicted molar refractivity (Wildman–Crippen MR) is 58.2 cm³/mol. The van der Waals surface area contributed by atoms with Crippen LogP contribution in [0.1, 0.15) is 5.56 Å². The monoisotopic (exact) mass is 220 g/mol. The highest BCUT2D eigenvalue weighted by molar-refractivity contribution is 5.40. The summed E-state index contributed by atoms with van der Waals surface area (Å²) in [6.45, 7) is 0.301. The van der Waals surface area contributed by atoms with Crippen molar-refractivity contribution >= 4 is 5.88 Å². The maximum absolute atomic E-state index is 5.55. The van der Waals surface area contributed by atoms with Crippen molar-refractivity contribution in [1.29, 1.82) is 0 Å². The first-order chi connectivity index (χ1) is 7.81. The third-order valence-corrected chi connectivity index (χ3v) is 2.13. The van der Waals surface area contributed by atoms with Gasteiger partial charge in [-0.2, -0.15) is 0 Å². The van der Waals surface area contributed by atoms with E-state index in [1.165, 1.54) is 6.20 Å². The van der Waals surface area contributed by atoms with Crippen molar-refractivity contribution < 1.29 is 14.0 Å². The lowest BCUT2D eigenvalue weighted by Crippen LogP contribution is -1.98. The van der Waals surface area contributed by atoms with Crippen LogP contribution in [-0.2, 0) is 6.61 Å². The number of nitrogen functional groups attached to an aromatic ring is 1. The molecule has 2 aromatic rings. The molecule has 0 radical (unpaired) electrons. The molecule has 16 heavy (non-hydrogen) atoms. The predicted octanol–water partition coefficient (Wildman–Crippen LogP) is 1.84. The van der Waals surface area contributed by atoms with Gasteiger partial charge in [0.2, 0.25) is 5.88 Å². The first kappa shape index (κ1) is 10.4. The molecule has 0 spiro atoms. The molecule has 0 unspecified atom stereocenters. The Morgan fingerprint density at radius 1 is 1.31 bits per heavy atom. The lowest BCUT2D eigenvalue weighted by Gasteiger charge is -2.08. The second-order valence-corrected chi connectivity index (χ2v) is 3.15. The summed E-state index contributed by atoms with van der Waals surface area (Å²) in [5.74, 6) is 1.61. The van der Waals surface area contributed by atoms with E-state index in [2.05, 4.69) is 5.16 Å². The van der Waals surface area contributed by atoms with Gasteiger partial charge >= 0.3 is 0 Å². The Balaban J connectivity index is 2.07. The van der Waals surface area contributed by atoms with Gasteiger partial charge in [0.15, 0.2) is 11.5 Å². The molecule has 2 rings (SSSR count). The normalized spacial score (nSPS) is 10.1. The number of nitrogens with zero attached hydrogens (tertiary/aromatic N) is 1. The number of anilines is 1. The maximum Gasteiger partial charge on any atom is 0.228 e. The maximum atomic E-state index is 5.55. The molecule has 1 heterocycles. The molecule has 5 heteroatoms. The van der Waals surface area contributed by atoms with Crippen LogP contribution < -0.4 is 15.2 Å². The quantitative estimate of drug-likeness (QED) is 0.851. The summed E-state index contributed by atoms with van der Waals surface area (Å²) in [4.78, 5) is 0. The first-order valence-electron chi connectivity index (χ1n) is 4.76. The summed E-state index contributed by atoms with van der Waals surface area (Å²) < 4.78 is 15.4. The molecule has 0 saturated heterocycles. The summed E-state index contributed by atoms with van der Waals surface area (Å²) in [5, 5.41) is 3.57. The minimum Gasteiger partial charge on any atom is -0.493 e. The molecular weight excluding hydrogens is 208 g/mol. The zero-order chi connectivity index (χ0) is 11.4. The Morgan fingerprint density at radius 2 is 2.06 bits per heavy atom. The first-order valence-corrected chi connectivity index (χ1v) is 4.76. The Morgan fingerprint density at radius 3 is 2.69 bits per heavy atom. The van der Waals surface area contributed by atoms with Gasteiger partial charge in [0.1, 0.15) is 6.61 Å². The van der Waals surface area contributed by atoms with Crippen LogP contribution in [0.2, 0.25) is 0 Å². The number of benzene rings is 1. The fraction of sp³-hybridized carbons (Fsp3) is 0.182. The number of methoxy groups -OCH3 is 1. The third kappa shape index (κ3) is 2.08. The van der Waals surface area contributed by atoms with Gasteiger partial charge in [-0.3, -0.25) is 0 Å². The van der Waals surface area contributed by atoms with Crippen molar-refractivity contribution in [3.05, 3.63) is 36.0 Å². The van der Waals surface area contributed by atoms with Crippen molar-refractivity contribution in [1.82, 2.24) is 5.16 Å². The lowest BCUT2D eigenvalue weighted by molar-refractivity contribution is 0.284. The number of hydrogen-bond acceptors (Lipinski definition) is 5. The standard InChI is InChI=1S/C11H12N2O3/c1-14-9-4-2-3-5-10(9)15-7-8-6-13-16-11(8)12/h2-6H,7,12H2,1H3. The highest BCUT2D eigenvalue weighted by Crippen LogP contribution is 2.27. The van der Waals surface area contributed by atoms with Crippen molar-refractivity contribution in [3.63, 3.8) is 0 Å². The van der Waals surface area contributed by atoms with E-state index in [9.17, 15) is 0 Å². The zero-order valence-electron chi connectivity index (χ0n) is 8.84. The molecule has 5 nitrogen and oxygen atoms in total. The minimum atomic E-state index is 0.273. The van der Waals surface area contributed by atoms with E-state index in [0.717, 1.165) is 0 Å². The van der Waals surface area contributed by atoms with Crippen molar-refractivity contribution in [3.8, 4) is 11.5 Å². The third-order valence-electron chi connectivity index (χ3n) is 2.13. The van der Waals surface area contributed by atoms with Crippen molar-refractivity contribution in [2.75, 3.05) is 12.8 Å². The molecule has 0 aliphatic rings. The number of rotatable bonds is 4. The van der Waals surface area contributed by atoms with Gasteiger partial charge in [-0.05, 0) is 12.1 Å². The fourth-order valence-electron chi connectivity index (χ4n) is 1.27. The van der Waals surface area contributed by atoms with Crippen LogP contribution in [0, 0.1) is 0 Å². The van der Waals surface area contributed by atoms with E-state index in [-0.39, 0.29) is 5.88 Å². The molecule has 0 saturated carbocycles. The van der Waals surface area contributed by atoms with E-state index < -0.39 is 0 Å². The largest absolute Gasteiger partial charge is 0.493 e. The highest BCUT2D eigenvalue weighted by Gasteiger charge is 2.07. The fourth-order valence-corrected chi connectivity index (χ4v) is 1.27. The van der Waals surface area contributed by atoms with Crippen molar-refractivity contribution in [2.24, 2.45) is 0 Å². The summed E-state index contributed by atoms with van der Waals surface area (Å²) >= 11 is 0. The van der Waals surface area contributed by atoms with Crippen LogP contribution in [0.15, 0.2) is 35.0 Å². The Kier molecular flexibility index (Phi) is 2.95. The molecule has 1 aromatic carbocycles. The van der Waals surface area contributed by atoms with Gasteiger partial charge in [0.05, 0.1) is 18.9 Å². The summed E-state index contributed by atoms with van der Waals surface area (Å²) in [6.07, 6.45) is 1.53. The number of nitrogens with two attached hydrogens (primary N) is 1. The summed E-state index contributed by atoms with van der Waals surface area (Å²) in [5.41, 5.74) is 6.25. The van der Waals surface area contributed by atoms with Gasteiger partial charge < -0.3 is 19.7 Å². The molecule has 84 valence electrons. The van der Waals surface area contributed by atoms with Gasteiger partial charge in [-0.1, -0.05) is 17.3 Å². The average Bonchev–Trinajstić information content (AvgIpc) is 2.72. The SMILES string of the molecule is COc1ccccc1OCc1cnoc1N. The van der Waals surface area contributed by atoms with Gasteiger partial charge in [0, 0.05) is 0 Å². The second kappa shape index (κ2) is 4.57. The minimum absolute atomic E-state index is 0.273. The molecule has 0 atom stereocenters. The number of ether oxygens (including phenoxy) is 2. The molecule has 0 bridgehead atoms. The van der Waals surface area contributed by atoms with Crippen LogP contribution >= 0.6 is 0 Å². The summed E-state index contributed by atoms with van der Waals surface area (Å²) in [6, 6.07) is 7.39. The number of hydrogen-bond donors (Lipinski definition) is 1. The Labute approximate surface area is 92.8 Å². The average molecular weight is 220 g/mol. The van der Waals surface area contributed by atoms with E-state index in [0.29, 0.717) is 23.7 Å². The van der Waals surface area contributed by atoms with Crippen molar-refractivity contribution in [2.45, 2.75) is 6.61 Å². The van der Waals surface area contributed by atoms with E-state index >= 15 is 0 Å². The molecule has 0 fully saturated rings. The van der Waals surface area contributed by atoms with Gasteiger partial charge in [0.25, 0.3) is 0 Å². The topological polar surface area (TPSA) is 70.5 Å². The summed E-state index contributed by atoms with van der Waals surface area (Å²) in [7, 11) is 1.59. The van der Waals surface area contributed by atoms with Crippen LogP contribution in [0.5, 0.6) is 11.5 Å². The zero-order valence-corrected chi connectivity index (χ0v) is 8.84. The Hall–Kier alpha value is -2.17. The highest BCUT2D eigenvalue weighted by atomic mass is 16.5. The number of para-hydroxylation sites is 2. The molecule has 0 amide bonds. The Bertz CT molecular complexity index is 468. The molecule has 1 aromatic heterocycles. The van der Waals surface area contributed by atoms with Crippen LogP contribution in [0.4, 0.5) is 5.88 Å².